The van der Waals surface area contributed by atoms with Crippen molar-refractivity contribution in [3.8, 4) is 0 Å². The van der Waals surface area contributed by atoms with Crippen LogP contribution in [-0.4, -0.2) is 32.0 Å². The molecule has 0 radical (unpaired) electrons. The molecule has 88 valence electrons. The van der Waals surface area contributed by atoms with E-state index in [0.29, 0.717) is 13.2 Å². The number of rotatable bonds is 3. The highest BCUT2D eigenvalue weighted by Crippen LogP contribution is 2.13. The lowest BCUT2D eigenvalue weighted by molar-refractivity contribution is 0.0882. The first-order chi connectivity index (χ1) is 6.97. The lowest BCUT2D eigenvalue weighted by atomic mass is 9.99. The van der Waals surface area contributed by atoms with E-state index >= 15 is 0 Å². The van der Waals surface area contributed by atoms with Crippen LogP contribution in [0.1, 0.15) is 33.6 Å². The first-order valence-corrected chi connectivity index (χ1v) is 5.49. The number of carbonyl (C=O) groups is 1. The molecule has 1 saturated heterocycles. The average Bonchev–Trinajstić information content (AvgIpc) is 2.62. The summed E-state index contributed by atoms with van der Waals surface area (Å²) >= 11 is 0. The molecule has 1 atom stereocenters. The highest BCUT2D eigenvalue weighted by Gasteiger charge is 2.17. The van der Waals surface area contributed by atoms with Gasteiger partial charge in [-0.05, 0) is 18.3 Å². The van der Waals surface area contributed by atoms with E-state index in [-0.39, 0.29) is 17.6 Å². The zero-order valence-electron chi connectivity index (χ0n) is 9.84. The Morgan fingerprint density at radius 1 is 1.53 bits per heavy atom. The zero-order chi connectivity index (χ0) is 11.3. The van der Waals surface area contributed by atoms with E-state index in [1.54, 1.807) is 0 Å². The summed E-state index contributed by atoms with van der Waals surface area (Å²) in [6.45, 7) is 7.89. The summed E-state index contributed by atoms with van der Waals surface area (Å²) < 4.78 is 10.4. The van der Waals surface area contributed by atoms with Crippen molar-refractivity contribution in [1.29, 1.82) is 0 Å². The molecule has 0 saturated carbocycles. The molecular formula is C11H21NO3. The van der Waals surface area contributed by atoms with Crippen molar-refractivity contribution < 1.29 is 14.3 Å². The van der Waals surface area contributed by atoms with Crippen LogP contribution in [0, 0.1) is 5.41 Å². The van der Waals surface area contributed by atoms with Gasteiger partial charge in [0.15, 0.2) is 0 Å². The molecule has 0 aromatic carbocycles. The number of hydrogen-bond acceptors (Lipinski definition) is 3. The smallest absolute Gasteiger partial charge is 0.407 e. The van der Waals surface area contributed by atoms with E-state index in [9.17, 15) is 4.79 Å². The molecule has 1 rings (SSSR count). The Balaban J connectivity index is 2.08. The van der Waals surface area contributed by atoms with Crippen LogP contribution in [0.5, 0.6) is 0 Å². The monoisotopic (exact) mass is 215 g/mol. The molecule has 1 fully saturated rings. The van der Waals surface area contributed by atoms with E-state index in [0.717, 1.165) is 19.4 Å². The molecule has 1 aliphatic rings. The van der Waals surface area contributed by atoms with Crippen molar-refractivity contribution in [2.75, 3.05) is 19.8 Å². The maximum atomic E-state index is 11.3. The van der Waals surface area contributed by atoms with Gasteiger partial charge in [-0.25, -0.2) is 4.79 Å². The van der Waals surface area contributed by atoms with Crippen LogP contribution in [0.15, 0.2) is 0 Å². The molecule has 1 aliphatic heterocycles. The van der Waals surface area contributed by atoms with Gasteiger partial charge in [0, 0.05) is 13.2 Å². The third-order valence-electron chi connectivity index (χ3n) is 2.13. The second-order valence-corrected chi connectivity index (χ2v) is 5.15. The van der Waals surface area contributed by atoms with Crippen LogP contribution < -0.4 is 5.32 Å². The summed E-state index contributed by atoms with van der Waals surface area (Å²) in [6.07, 6.45) is 1.94. The molecule has 1 N–H and O–H groups in total. The Morgan fingerprint density at radius 2 is 2.27 bits per heavy atom. The summed E-state index contributed by atoms with van der Waals surface area (Å²) in [5.41, 5.74) is 0.0151. The highest BCUT2D eigenvalue weighted by atomic mass is 16.5. The van der Waals surface area contributed by atoms with E-state index in [1.807, 2.05) is 20.8 Å². The van der Waals surface area contributed by atoms with Gasteiger partial charge in [-0.1, -0.05) is 20.8 Å². The SMILES string of the molecule is CC(C)(C)COC(=O)NC[C@@H]1CCCO1. The van der Waals surface area contributed by atoms with Gasteiger partial charge >= 0.3 is 6.09 Å². The average molecular weight is 215 g/mol. The maximum absolute atomic E-state index is 11.3. The third-order valence-corrected chi connectivity index (χ3v) is 2.13. The summed E-state index contributed by atoms with van der Waals surface area (Å²) in [6, 6.07) is 0. The number of alkyl carbamates (subject to hydrolysis) is 1. The molecule has 0 aromatic rings. The lowest BCUT2D eigenvalue weighted by Gasteiger charge is -2.18. The molecule has 0 spiro atoms. The summed E-state index contributed by atoms with van der Waals surface area (Å²) in [4.78, 5) is 11.3. The molecule has 0 bridgehead atoms. The fourth-order valence-electron chi connectivity index (χ4n) is 1.34. The van der Waals surface area contributed by atoms with Gasteiger partial charge in [-0.3, -0.25) is 0 Å². The van der Waals surface area contributed by atoms with Gasteiger partial charge in [0.25, 0.3) is 0 Å². The standard InChI is InChI=1S/C11H21NO3/c1-11(2,3)8-15-10(13)12-7-9-5-4-6-14-9/h9H,4-8H2,1-3H3,(H,12,13)/t9-/m0/s1. The topological polar surface area (TPSA) is 47.6 Å². The Kier molecular flexibility index (Phi) is 4.39. The minimum Gasteiger partial charge on any atom is -0.449 e. The van der Waals surface area contributed by atoms with Gasteiger partial charge in [0.1, 0.15) is 0 Å². The van der Waals surface area contributed by atoms with Crippen molar-refractivity contribution >= 4 is 6.09 Å². The Morgan fingerprint density at radius 3 is 2.80 bits per heavy atom. The Hall–Kier alpha value is -0.770. The van der Waals surface area contributed by atoms with Crippen molar-refractivity contribution in [2.45, 2.75) is 39.7 Å². The van der Waals surface area contributed by atoms with Crippen molar-refractivity contribution in [1.82, 2.24) is 5.32 Å². The van der Waals surface area contributed by atoms with Gasteiger partial charge in [0.2, 0.25) is 0 Å². The molecule has 0 aliphatic carbocycles. The molecule has 15 heavy (non-hydrogen) atoms. The van der Waals surface area contributed by atoms with Gasteiger partial charge in [-0.2, -0.15) is 0 Å². The minimum absolute atomic E-state index is 0.0151. The number of nitrogens with one attached hydrogen (secondary N) is 1. The second-order valence-electron chi connectivity index (χ2n) is 5.15. The van der Waals surface area contributed by atoms with E-state index < -0.39 is 0 Å². The summed E-state index contributed by atoms with van der Waals surface area (Å²) in [5, 5.41) is 2.71. The molecular weight excluding hydrogens is 194 g/mol. The minimum atomic E-state index is -0.347. The van der Waals surface area contributed by atoms with Gasteiger partial charge in [-0.15, -0.1) is 0 Å². The largest absolute Gasteiger partial charge is 0.449 e. The fourth-order valence-corrected chi connectivity index (χ4v) is 1.34. The van der Waals surface area contributed by atoms with Crippen molar-refractivity contribution in [3.05, 3.63) is 0 Å². The molecule has 1 heterocycles. The van der Waals surface area contributed by atoms with Gasteiger partial charge < -0.3 is 14.8 Å². The Labute approximate surface area is 91.3 Å². The lowest BCUT2D eigenvalue weighted by Crippen LogP contribution is -2.33. The normalized spacial score (nSPS) is 21.4. The molecule has 4 heteroatoms. The van der Waals surface area contributed by atoms with Crippen molar-refractivity contribution in [3.63, 3.8) is 0 Å². The first kappa shape index (κ1) is 12.3. The quantitative estimate of drug-likeness (QED) is 0.782. The number of amides is 1. The number of carbonyl (C=O) groups excluding carboxylic acids is 1. The fraction of sp³-hybridized carbons (Fsp3) is 0.909. The number of hydrogen-bond donors (Lipinski definition) is 1. The zero-order valence-corrected chi connectivity index (χ0v) is 9.84. The van der Waals surface area contributed by atoms with Crippen LogP contribution in [0.25, 0.3) is 0 Å². The third kappa shape index (κ3) is 5.62. The van der Waals surface area contributed by atoms with Crippen molar-refractivity contribution in [2.24, 2.45) is 5.41 Å². The van der Waals surface area contributed by atoms with Crippen LogP contribution in [0.4, 0.5) is 4.79 Å². The van der Waals surface area contributed by atoms with Crippen LogP contribution in [-0.2, 0) is 9.47 Å². The van der Waals surface area contributed by atoms with E-state index in [4.69, 9.17) is 9.47 Å². The second kappa shape index (κ2) is 5.35. The van der Waals surface area contributed by atoms with Crippen LogP contribution in [0.3, 0.4) is 0 Å². The first-order valence-electron chi connectivity index (χ1n) is 5.49. The van der Waals surface area contributed by atoms with Crippen LogP contribution in [0.2, 0.25) is 0 Å². The number of ether oxygens (including phenoxy) is 2. The summed E-state index contributed by atoms with van der Waals surface area (Å²) in [5.74, 6) is 0. The molecule has 1 amide bonds. The highest BCUT2D eigenvalue weighted by molar-refractivity contribution is 5.67. The van der Waals surface area contributed by atoms with Gasteiger partial charge in [0.05, 0.1) is 12.7 Å². The summed E-state index contributed by atoms with van der Waals surface area (Å²) in [7, 11) is 0. The van der Waals surface area contributed by atoms with E-state index in [2.05, 4.69) is 5.32 Å². The molecule has 0 aromatic heterocycles. The van der Waals surface area contributed by atoms with E-state index in [1.165, 1.54) is 0 Å². The molecule has 0 unspecified atom stereocenters. The molecule has 4 nitrogen and oxygen atoms in total. The maximum Gasteiger partial charge on any atom is 0.407 e. The predicted molar refractivity (Wildman–Crippen MR) is 57.8 cm³/mol. The van der Waals surface area contributed by atoms with Crippen LogP contribution >= 0.6 is 0 Å². The predicted octanol–water partition coefficient (Wildman–Crippen LogP) is 1.94. The Bertz CT molecular complexity index is 204.